The van der Waals surface area contributed by atoms with Gasteiger partial charge < -0.3 is 10.6 Å². The van der Waals surface area contributed by atoms with Crippen LogP contribution in [0.2, 0.25) is 0 Å². The van der Waals surface area contributed by atoms with Crippen molar-refractivity contribution in [2.24, 2.45) is 5.41 Å². The van der Waals surface area contributed by atoms with Gasteiger partial charge in [0.2, 0.25) is 0 Å². The maximum absolute atomic E-state index is 3.59. The fourth-order valence-electron chi connectivity index (χ4n) is 2.54. The number of benzene rings is 1. The minimum atomic E-state index is 0.632. The fraction of sp³-hybridized carbons (Fsp3) is 0.600. The number of hydrogen-bond donors (Lipinski definition) is 2. The predicted molar refractivity (Wildman–Crippen MR) is 74.4 cm³/mol. The second-order valence-electron chi connectivity index (χ2n) is 5.18. The molecule has 1 aliphatic carbocycles. The van der Waals surface area contributed by atoms with Gasteiger partial charge in [0.15, 0.2) is 0 Å². The molecular formula is C15H24N2. The zero-order valence-corrected chi connectivity index (χ0v) is 10.8. The van der Waals surface area contributed by atoms with E-state index < -0.39 is 0 Å². The van der Waals surface area contributed by atoms with Gasteiger partial charge in [-0.3, -0.25) is 0 Å². The van der Waals surface area contributed by atoms with Crippen molar-refractivity contribution in [3.63, 3.8) is 0 Å². The smallest absolute Gasteiger partial charge is 0.0340 e. The molecule has 0 atom stereocenters. The summed E-state index contributed by atoms with van der Waals surface area (Å²) in [4.78, 5) is 0. The van der Waals surface area contributed by atoms with E-state index in [9.17, 15) is 0 Å². The van der Waals surface area contributed by atoms with E-state index in [0.29, 0.717) is 5.41 Å². The molecule has 1 fully saturated rings. The van der Waals surface area contributed by atoms with Crippen LogP contribution in [0.3, 0.4) is 0 Å². The van der Waals surface area contributed by atoms with Crippen LogP contribution in [-0.4, -0.2) is 19.6 Å². The highest BCUT2D eigenvalue weighted by atomic mass is 14.9. The lowest BCUT2D eigenvalue weighted by Crippen LogP contribution is -2.40. The Balaban J connectivity index is 1.58. The molecule has 2 heteroatoms. The van der Waals surface area contributed by atoms with Crippen LogP contribution in [0.5, 0.6) is 0 Å². The summed E-state index contributed by atoms with van der Waals surface area (Å²) in [7, 11) is 0. The molecule has 17 heavy (non-hydrogen) atoms. The summed E-state index contributed by atoms with van der Waals surface area (Å²) in [6.07, 6.45) is 5.59. The van der Waals surface area contributed by atoms with E-state index in [-0.39, 0.29) is 0 Å². The van der Waals surface area contributed by atoms with Crippen LogP contribution in [0.25, 0.3) is 0 Å². The molecule has 0 unspecified atom stereocenters. The first kappa shape index (κ1) is 12.4. The van der Waals surface area contributed by atoms with Crippen molar-refractivity contribution < 1.29 is 0 Å². The topological polar surface area (TPSA) is 24.1 Å². The lowest BCUT2D eigenvalue weighted by atomic mass is 9.67. The maximum Gasteiger partial charge on any atom is 0.0340 e. The molecule has 1 saturated carbocycles. The standard InChI is InChI=1S/C15H24N2/c1-2-15(9-6-10-15)13-16-11-12-17-14-7-4-3-5-8-14/h3-5,7-8,16-17H,2,6,9-13H2,1H3. The van der Waals surface area contributed by atoms with Gasteiger partial charge in [-0.2, -0.15) is 0 Å². The number of para-hydroxylation sites is 1. The third-order valence-corrected chi connectivity index (χ3v) is 4.07. The van der Waals surface area contributed by atoms with E-state index in [1.165, 1.54) is 37.9 Å². The molecule has 0 saturated heterocycles. The summed E-state index contributed by atoms with van der Waals surface area (Å²) in [5, 5.41) is 7.01. The average molecular weight is 232 g/mol. The van der Waals surface area contributed by atoms with Gasteiger partial charge in [0.1, 0.15) is 0 Å². The summed E-state index contributed by atoms with van der Waals surface area (Å²) in [6, 6.07) is 10.4. The molecule has 0 amide bonds. The summed E-state index contributed by atoms with van der Waals surface area (Å²) in [5.41, 5.74) is 1.84. The Morgan fingerprint density at radius 2 is 1.88 bits per heavy atom. The highest BCUT2D eigenvalue weighted by Gasteiger charge is 2.34. The lowest BCUT2D eigenvalue weighted by Gasteiger charge is -2.41. The molecule has 1 aromatic rings. The normalized spacial score (nSPS) is 17.5. The SMILES string of the molecule is CCC1(CNCCNc2ccccc2)CCC1. The zero-order valence-electron chi connectivity index (χ0n) is 10.8. The third-order valence-electron chi connectivity index (χ3n) is 4.07. The van der Waals surface area contributed by atoms with E-state index in [1.54, 1.807) is 0 Å². The van der Waals surface area contributed by atoms with Crippen molar-refractivity contribution in [1.29, 1.82) is 0 Å². The molecule has 0 aromatic heterocycles. The van der Waals surface area contributed by atoms with Crippen molar-refractivity contribution in [1.82, 2.24) is 5.32 Å². The van der Waals surface area contributed by atoms with Gasteiger partial charge in [-0.05, 0) is 36.8 Å². The highest BCUT2D eigenvalue weighted by Crippen LogP contribution is 2.42. The summed E-state index contributed by atoms with van der Waals surface area (Å²) >= 11 is 0. The number of hydrogen-bond acceptors (Lipinski definition) is 2. The molecule has 0 bridgehead atoms. The first-order valence-electron chi connectivity index (χ1n) is 6.84. The van der Waals surface area contributed by atoms with Gasteiger partial charge in [0.25, 0.3) is 0 Å². The Morgan fingerprint density at radius 1 is 1.12 bits per heavy atom. The second kappa shape index (κ2) is 6.06. The predicted octanol–water partition coefficient (Wildman–Crippen LogP) is 3.27. The third kappa shape index (κ3) is 3.47. The molecule has 1 aliphatic rings. The fourth-order valence-corrected chi connectivity index (χ4v) is 2.54. The molecule has 1 aromatic carbocycles. The molecular weight excluding hydrogens is 208 g/mol. The Hall–Kier alpha value is -1.02. The van der Waals surface area contributed by atoms with Crippen LogP contribution in [-0.2, 0) is 0 Å². The van der Waals surface area contributed by atoms with Crippen LogP contribution >= 0.6 is 0 Å². The van der Waals surface area contributed by atoms with E-state index >= 15 is 0 Å². The van der Waals surface area contributed by atoms with Gasteiger partial charge in [0.05, 0.1) is 0 Å². The largest absolute Gasteiger partial charge is 0.384 e. The highest BCUT2D eigenvalue weighted by molar-refractivity contribution is 5.42. The number of rotatable bonds is 7. The van der Waals surface area contributed by atoms with Crippen LogP contribution in [0.15, 0.2) is 30.3 Å². The first-order valence-corrected chi connectivity index (χ1v) is 6.84. The molecule has 2 rings (SSSR count). The van der Waals surface area contributed by atoms with E-state index in [1.807, 2.05) is 6.07 Å². The number of nitrogens with one attached hydrogen (secondary N) is 2. The van der Waals surface area contributed by atoms with Crippen molar-refractivity contribution >= 4 is 5.69 Å². The van der Waals surface area contributed by atoms with E-state index in [4.69, 9.17) is 0 Å². The van der Waals surface area contributed by atoms with Gasteiger partial charge in [-0.1, -0.05) is 31.5 Å². The van der Waals surface area contributed by atoms with E-state index in [2.05, 4.69) is 41.8 Å². The summed E-state index contributed by atoms with van der Waals surface area (Å²) in [6.45, 7) is 5.57. The van der Waals surface area contributed by atoms with E-state index in [0.717, 1.165) is 13.1 Å². The van der Waals surface area contributed by atoms with Crippen molar-refractivity contribution in [3.05, 3.63) is 30.3 Å². The first-order chi connectivity index (χ1) is 8.35. The van der Waals surface area contributed by atoms with Gasteiger partial charge >= 0.3 is 0 Å². The van der Waals surface area contributed by atoms with Gasteiger partial charge in [0, 0.05) is 25.3 Å². The van der Waals surface area contributed by atoms with Crippen LogP contribution < -0.4 is 10.6 Å². The van der Waals surface area contributed by atoms with Crippen molar-refractivity contribution in [3.8, 4) is 0 Å². The second-order valence-corrected chi connectivity index (χ2v) is 5.18. The lowest BCUT2D eigenvalue weighted by molar-refractivity contribution is 0.125. The molecule has 0 radical (unpaired) electrons. The molecule has 0 spiro atoms. The van der Waals surface area contributed by atoms with Crippen molar-refractivity contribution in [2.75, 3.05) is 25.0 Å². The Labute approximate surface area is 105 Å². The quantitative estimate of drug-likeness (QED) is 0.705. The minimum absolute atomic E-state index is 0.632. The molecule has 0 aliphatic heterocycles. The molecule has 0 heterocycles. The van der Waals surface area contributed by atoms with Gasteiger partial charge in [-0.15, -0.1) is 0 Å². The average Bonchev–Trinajstić information content (AvgIpc) is 2.33. The Morgan fingerprint density at radius 3 is 2.47 bits per heavy atom. The van der Waals surface area contributed by atoms with Crippen LogP contribution in [0.4, 0.5) is 5.69 Å². The van der Waals surface area contributed by atoms with Crippen LogP contribution in [0.1, 0.15) is 32.6 Å². The van der Waals surface area contributed by atoms with Gasteiger partial charge in [-0.25, -0.2) is 0 Å². The Bertz CT molecular complexity index is 311. The maximum atomic E-state index is 3.59. The summed E-state index contributed by atoms with van der Waals surface area (Å²) in [5.74, 6) is 0. The number of anilines is 1. The van der Waals surface area contributed by atoms with Crippen LogP contribution in [0, 0.1) is 5.41 Å². The Kier molecular flexibility index (Phi) is 4.43. The zero-order chi connectivity index (χ0) is 12.0. The minimum Gasteiger partial charge on any atom is -0.384 e. The van der Waals surface area contributed by atoms with Crippen molar-refractivity contribution in [2.45, 2.75) is 32.6 Å². The molecule has 2 N–H and O–H groups in total. The summed E-state index contributed by atoms with van der Waals surface area (Å²) < 4.78 is 0. The molecule has 2 nitrogen and oxygen atoms in total. The molecule has 94 valence electrons. The monoisotopic (exact) mass is 232 g/mol.